The number of nitrogens with zero attached hydrogens (tertiary/aromatic N) is 1. The van der Waals surface area contributed by atoms with Crippen molar-refractivity contribution in [2.75, 3.05) is 47.5 Å². The van der Waals surface area contributed by atoms with E-state index in [9.17, 15) is 19.5 Å². The fraction of sp³-hybridized carbons (Fsp3) is 0.903. The lowest BCUT2D eigenvalue weighted by molar-refractivity contribution is -0.870. The third-order valence-electron chi connectivity index (χ3n) is 16.2. The van der Waals surface area contributed by atoms with Crippen LogP contribution in [0.4, 0.5) is 0 Å². The zero-order valence-corrected chi connectivity index (χ0v) is 54.7. The van der Waals surface area contributed by atoms with Gasteiger partial charge in [-0.15, -0.1) is 0 Å². The van der Waals surface area contributed by atoms with E-state index in [1.165, 1.54) is 295 Å². The highest BCUT2D eigenvalue weighted by atomic mass is 16.7. The molecule has 0 aromatic rings. The van der Waals surface area contributed by atoms with E-state index < -0.39 is 18.4 Å². The van der Waals surface area contributed by atoms with Gasteiger partial charge in [0.05, 0.1) is 34.4 Å². The lowest BCUT2D eigenvalue weighted by Crippen LogP contribution is -2.40. The Labute approximate surface area is 503 Å². The molecule has 0 heterocycles. The monoisotopic (exact) mass is 1150 g/mol. The standard InChI is InChI=1S/C72H137NO8/c1-6-8-10-12-14-16-18-20-22-24-26-27-28-29-30-31-32-33-34-35-36-37-38-39-40-41-42-43-45-47-49-51-53-55-57-59-61-63-70(75)81-68(67-80-72(71(76)77)78-65-64-73(3,4)5)66-79-69(74)62-60-58-56-54-52-50-48-46-44-25-23-21-19-17-15-13-11-9-7-2/h21,23-24,26,68,72H,6-20,22,25,27-67H2,1-5H3/p+1/b23-21-,26-24-. The molecule has 2 unspecified atom stereocenters. The van der Waals surface area contributed by atoms with E-state index in [1.54, 1.807) is 0 Å². The van der Waals surface area contributed by atoms with Crippen molar-refractivity contribution >= 4 is 17.9 Å². The smallest absolute Gasteiger partial charge is 0.361 e. The van der Waals surface area contributed by atoms with Crippen molar-refractivity contribution < 1.29 is 42.9 Å². The van der Waals surface area contributed by atoms with Crippen molar-refractivity contribution in [2.45, 2.75) is 373 Å². The van der Waals surface area contributed by atoms with Crippen LogP contribution in [0.2, 0.25) is 0 Å². The van der Waals surface area contributed by atoms with Crippen LogP contribution in [0.25, 0.3) is 0 Å². The van der Waals surface area contributed by atoms with Gasteiger partial charge < -0.3 is 28.5 Å². The van der Waals surface area contributed by atoms with Gasteiger partial charge in [-0.25, -0.2) is 4.79 Å². The SMILES string of the molecule is CCCCCCCC/C=C\CCCCCCCCCCCC(=O)OCC(COC(OCC[N+](C)(C)C)C(=O)O)OC(=O)CCCCCCCCCCCCCCCCCCCCCCCCCCC/C=C\CCCCCCCCCC. The molecule has 0 saturated carbocycles. The Kier molecular flexibility index (Phi) is 62.0. The molecule has 0 spiro atoms. The summed E-state index contributed by atoms with van der Waals surface area (Å²) >= 11 is 0. The van der Waals surface area contributed by atoms with E-state index in [-0.39, 0.29) is 38.2 Å². The zero-order chi connectivity index (χ0) is 59.1. The second-order valence-electron chi connectivity index (χ2n) is 25.5. The number of hydrogen-bond donors (Lipinski definition) is 1. The largest absolute Gasteiger partial charge is 0.477 e. The van der Waals surface area contributed by atoms with Crippen LogP contribution in [0.3, 0.4) is 0 Å². The average Bonchev–Trinajstić information content (AvgIpc) is 3.44. The molecule has 0 saturated heterocycles. The van der Waals surface area contributed by atoms with Crippen molar-refractivity contribution in [1.82, 2.24) is 0 Å². The normalized spacial score (nSPS) is 12.8. The number of ether oxygens (including phenoxy) is 4. The molecule has 2 atom stereocenters. The summed E-state index contributed by atoms with van der Waals surface area (Å²) in [5.41, 5.74) is 0. The Hall–Kier alpha value is -2.23. The predicted octanol–water partition coefficient (Wildman–Crippen LogP) is 21.8. The maximum absolute atomic E-state index is 12.9. The number of esters is 2. The Morgan fingerprint density at radius 2 is 0.630 bits per heavy atom. The first kappa shape index (κ1) is 78.8. The fourth-order valence-corrected chi connectivity index (χ4v) is 10.7. The molecule has 0 aliphatic heterocycles. The molecule has 0 bridgehead atoms. The van der Waals surface area contributed by atoms with Gasteiger partial charge in [-0.2, -0.15) is 0 Å². The first-order valence-corrected chi connectivity index (χ1v) is 35.5. The van der Waals surface area contributed by atoms with Gasteiger partial charge in [0.25, 0.3) is 6.29 Å². The van der Waals surface area contributed by atoms with E-state index in [4.69, 9.17) is 18.9 Å². The van der Waals surface area contributed by atoms with Gasteiger partial charge in [0.1, 0.15) is 13.2 Å². The summed E-state index contributed by atoms with van der Waals surface area (Å²) in [4.78, 5) is 37.6. The van der Waals surface area contributed by atoms with Crippen molar-refractivity contribution in [3.8, 4) is 0 Å². The van der Waals surface area contributed by atoms with Crippen LogP contribution in [0.1, 0.15) is 361 Å². The number of carbonyl (C=O) groups is 3. The molecular formula is C72H138NO8+. The predicted molar refractivity (Wildman–Crippen MR) is 346 cm³/mol. The molecule has 0 aliphatic carbocycles. The van der Waals surface area contributed by atoms with Gasteiger partial charge in [-0.1, -0.05) is 308 Å². The number of carbonyl (C=O) groups excluding carboxylic acids is 2. The van der Waals surface area contributed by atoms with Crippen molar-refractivity contribution in [3.63, 3.8) is 0 Å². The fourth-order valence-electron chi connectivity index (χ4n) is 10.7. The summed E-state index contributed by atoms with van der Waals surface area (Å²) in [6, 6.07) is 0. The van der Waals surface area contributed by atoms with E-state index in [0.717, 1.165) is 38.5 Å². The van der Waals surface area contributed by atoms with Crippen LogP contribution in [-0.2, 0) is 33.3 Å². The Morgan fingerprint density at radius 3 is 0.914 bits per heavy atom. The highest BCUT2D eigenvalue weighted by Crippen LogP contribution is 2.19. The van der Waals surface area contributed by atoms with Crippen LogP contribution in [0.5, 0.6) is 0 Å². The van der Waals surface area contributed by atoms with Crippen LogP contribution in [0.15, 0.2) is 24.3 Å². The van der Waals surface area contributed by atoms with E-state index in [1.807, 2.05) is 21.1 Å². The minimum absolute atomic E-state index is 0.177. The van der Waals surface area contributed by atoms with Gasteiger partial charge in [0, 0.05) is 12.8 Å². The highest BCUT2D eigenvalue weighted by Gasteiger charge is 2.25. The average molecular weight is 1150 g/mol. The van der Waals surface area contributed by atoms with Gasteiger partial charge in [0.15, 0.2) is 6.10 Å². The second kappa shape index (κ2) is 63.8. The molecule has 81 heavy (non-hydrogen) atoms. The van der Waals surface area contributed by atoms with Crippen LogP contribution >= 0.6 is 0 Å². The Balaban J connectivity index is 3.97. The molecule has 0 radical (unpaired) electrons. The van der Waals surface area contributed by atoms with Gasteiger partial charge in [-0.3, -0.25) is 9.59 Å². The summed E-state index contributed by atoms with van der Waals surface area (Å²) < 4.78 is 23.0. The Morgan fingerprint density at radius 1 is 0.358 bits per heavy atom. The molecule has 0 aromatic heterocycles. The number of hydrogen-bond acceptors (Lipinski definition) is 7. The maximum atomic E-state index is 12.9. The number of likely N-dealkylation sites (N-methyl/N-ethyl adjacent to an activating group) is 1. The van der Waals surface area contributed by atoms with Gasteiger partial charge in [-0.05, 0) is 64.2 Å². The molecule has 478 valence electrons. The van der Waals surface area contributed by atoms with Crippen molar-refractivity contribution in [2.24, 2.45) is 0 Å². The van der Waals surface area contributed by atoms with Crippen molar-refractivity contribution in [3.05, 3.63) is 24.3 Å². The molecule has 1 N–H and O–H groups in total. The Bertz CT molecular complexity index is 1380. The molecule has 0 rings (SSSR count). The second-order valence-corrected chi connectivity index (χ2v) is 25.5. The molecular weight excluding hydrogens is 1010 g/mol. The number of rotatable bonds is 67. The number of unbranched alkanes of at least 4 members (excludes halogenated alkanes) is 48. The van der Waals surface area contributed by atoms with Gasteiger partial charge in [0.2, 0.25) is 0 Å². The molecule has 0 aromatic carbocycles. The minimum atomic E-state index is -1.51. The number of aliphatic carboxylic acids is 1. The number of quaternary nitrogens is 1. The van der Waals surface area contributed by atoms with E-state index in [0.29, 0.717) is 17.4 Å². The third kappa shape index (κ3) is 65.2. The quantitative estimate of drug-likeness (QED) is 0.0211. The number of allylic oxidation sites excluding steroid dienone is 4. The zero-order valence-electron chi connectivity index (χ0n) is 54.7. The molecule has 0 aliphatic rings. The summed E-state index contributed by atoms with van der Waals surface area (Å²) in [6.07, 6.45) is 76.0. The molecule has 9 heteroatoms. The maximum Gasteiger partial charge on any atom is 0.361 e. The molecule has 0 fully saturated rings. The van der Waals surface area contributed by atoms with Crippen LogP contribution in [-0.4, -0.2) is 87.4 Å². The number of carboxylic acids is 1. The summed E-state index contributed by atoms with van der Waals surface area (Å²) in [7, 11) is 5.99. The van der Waals surface area contributed by atoms with Crippen LogP contribution < -0.4 is 0 Å². The first-order valence-electron chi connectivity index (χ1n) is 35.5. The topological polar surface area (TPSA) is 108 Å². The summed E-state index contributed by atoms with van der Waals surface area (Å²) in [6.45, 7) is 4.93. The van der Waals surface area contributed by atoms with Crippen LogP contribution in [0, 0.1) is 0 Å². The highest BCUT2D eigenvalue weighted by molar-refractivity contribution is 5.71. The molecule has 9 nitrogen and oxygen atoms in total. The van der Waals surface area contributed by atoms with Crippen molar-refractivity contribution in [1.29, 1.82) is 0 Å². The van der Waals surface area contributed by atoms with E-state index in [2.05, 4.69) is 38.2 Å². The van der Waals surface area contributed by atoms with E-state index >= 15 is 0 Å². The lowest BCUT2D eigenvalue weighted by Gasteiger charge is -2.25. The lowest BCUT2D eigenvalue weighted by atomic mass is 10.0. The molecule has 0 amide bonds. The third-order valence-corrected chi connectivity index (χ3v) is 16.2. The summed E-state index contributed by atoms with van der Waals surface area (Å²) in [5.74, 6) is -1.98. The number of carboxylic acid groups (broad SMARTS) is 1. The first-order chi connectivity index (χ1) is 39.6. The minimum Gasteiger partial charge on any atom is -0.477 e. The van der Waals surface area contributed by atoms with Gasteiger partial charge >= 0.3 is 17.9 Å². The summed E-state index contributed by atoms with van der Waals surface area (Å²) in [5, 5.41) is 9.73.